The molecule has 2 heterocycles. The van der Waals surface area contributed by atoms with Crippen molar-refractivity contribution in [2.24, 2.45) is 0 Å². The van der Waals surface area contributed by atoms with E-state index in [0.717, 1.165) is 56.9 Å². The van der Waals surface area contributed by atoms with Gasteiger partial charge in [0.1, 0.15) is 0 Å². The Labute approximate surface area is 195 Å². The standard InChI is InChI=1S/C26H33N3O2S/c1-2-19-32-24-12-6-5-11-23(24)28-17-15-27(16-18-28)13-7-8-14-29-25(30)20-21-9-3-4-10-22(21)26(29)31/h3-6,9-12H,2,7-8,13-20H2,1H3. The molecule has 0 saturated carbocycles. The summed E-state index contributed by atoms with van der Waals surface area (Å²) in [6.45, 7) is 7.97. The zero-order valence-corrected chi connectivity index (χ0v) is 19.8. The predicted molar refractivity (Wildman–Crippen MR) is 132 cm³/mol. The van der Waals surface area contributed by atoms with Crippen molar-refractivity contribution in [1.29, 1.82) is 0 Å². The molecule has 1 fully saturated rings. The van der Waals surface area contributed by atoms with Crippen molar-refractivity contribution in [1.82, 2.24) is 9.80 Å². The lowest BCUT2D eigenvalue weighted by atomic mass is 9.98. The van der Waals surface area contributed by atoms with Gasteiger partial charge in [-0.1, -0.05) is 37.3 Å². The van der Waals surface area contributed by atoms with Gasteiger partial charge in [0.25, 0.3) is 5.91 Å². The van der Waals surface area contributed by atoms with E-state index in [1.54, 1.807) is 0 Å². The summed E-state index contributed by atoms with van der Waals surface area (Å²) in [6, 6.07) is 16.2. The first-order valence-corrected chi connectivity index (χ1v) is 12.8. The highest BCUT2D eigenvalue weighted by molar-refractivity contribution is 7.99. The van der Waals surface area contributed by atoms with Crippen LogP contribution in [0.5, 0.6) is 0 Å². The van der Waals surface area contributed by atoms with Gasteiger partial charge in [-0.15, -0.1) is 11.8 Å². The Balaban J connectivity index is 1.21. The normalized spacial score (nSPS) is 17.0. The largest absolute Gasteiger partial charge is 0.368 e. The highest BCUT2D eigenvalue weighted by Crippen LogP contribution is 2.31. The number of hydrogen-bond donors (Lipinski definition) is 0. The summed E-state index contributed by atoms with van der Waals surface area (Å²) >= 11 is 1.95. The van der Waals surface area contributed by atoms with Crippen molar-refractivity contribution < 1.29 is 9.59 Å². The van der Waals surface area contributed by atoms with Crippen molar-refractivity contribution in [2.45, 2.75) is 37.5 Å². The van der Waals surface area contributed by atoms with Gasteiger partial charge in [0.15, 0.2) is 0 Å². The molecule has 0 unspecified atom stereocenters. The van der Waals surface area contributed by atoms with Crippen molar-refractivity contribution in [3.8, 4) is 0 Å². The van der Waals surface area contributed by atoms with E-state index in [-0.39, 0.29) is 11.8 Å². The van der Waals surface area contributed by atoms with Crippen LogP contribution in [-0.4, -0.2) is 66.6 Å². The number of anilines is 1. The maximum atomic E-state index is 12.7. The number of piperazine rings is 1. The molecule has 5 nitrogen and oxygen atoms in total. The van der Waals surface area contributed by atoms with E-state index in [0.29, 0.717) is 18.5 Å². The summed E-state index contributed by atoms with van der Waals surface area (Å²) < 4.78 is 0. The van der Waals surface area contributed by atoms with Gasteiger partial charge in [-0.05, 0) is 55.3 Å². The smallest absolute Gasteiger partial charge is 0.260 e. The Hall–Kier alpha value is -2.31. The molecule has 0 N–H and O–H groups in total. The molecule has 0 spiro atoms. The number of imide groups is 1. The number of thioether (sulfide) groups is 1. The van der Waals surface area contributed by atoms with Crippen LogP contribution in [-0.2, 0) is 11.2 Å². The van der Waals surface area contributed by atoms with E-state index in [4.69, 9.17) is 0 Å². The van der Waals surface area contributed by atoms with Gasteiger partial charge in [0.05, 0.1) is 12.1 Å². The number of rotatable bonds is 9. The molecule has 0 radical (unpaired) electrons. The summed E-state index contributed by atoms with van der Waals surface area (Å²) in [5.74, 6) is 0.955. The Morgan fingerprint density at radius 1 is 0.875 bits per heavy atom. The van der Waals surface area contributed by atoms with Crippen molar-refractivity contribution in [3.05, 3.63) is 59.7 Å². The monoisotopic (exact) mass is 451 g/mol. The zero-order chi connectivity index (χ0) is 22.3. The van der Waals surface area contributed by atoms with Gasteiger partial charge in [-0.25, -0.2) is 0 Å². The first kappa shape index (κ1) is 22.9. The van der Waals surface area contributed by atoms with Crippen LogP contribution >= 0.6 is 11.8 Å². The fraction of sp³-hybridized carbons (Fsp3) is 0.462. The van der Waals surface area contributed by atoms with Crippen molar-refractivity contribution >= 4 is 29.3 Å². The Morgan fingerprint density at radius 3 is 2.41 bits per heavy atom. The molecule has 0 atom stereocenters. The van der Waals surface area contributed by atoms with Crippen molar-refractivity contribution in [3.63, 3.8) is 0 Å². The van der Waals surface area contributed by atoms with E-state index in [2.05, 4.69) is 41.0 Å². The third-order valence-electron chi connectivity index (χ3n) is 6.28. The van der Waals surface area contributed by atoms with Gasteiger partial charge in [-0.3, -0.25) is 19.4 Å². The molecule has 0 aromatic heterocycles. The molecule has 32 heavy (non-hydrogen) atoms. The van der Waals surface area contributed by atoms with E-state index in [9.17, 15) is 9.59 Å². The van der Waals surface area contributed by atoms with Crippen LogP contribution in [0.25, 0.3) is 0 Å². The SMILES string of the molecule is CCCSc1ccccc1N1CCN(CCCCN2C(=O)Cc3ccccc3C2=O)CC1. The average Bonchev–Trinajstić information content (AvgIpc) is 2.83. The third kappa shape index (κ3) is 5.36. The van der Waals surface area contributed by atoms with Crippen LogP contribution in [0.1, 0.15) is 42.1 Å². The fourth-order valence-electron chi connectivity index (χ4n) is 4.50. The molecular weight excluding hydrogens is 418 g/mol. The van der Waals surface area contributed by atoms with Crippen LogP contribution in [0.15, 0.2) is 53.4 Å². The second-order valence-electron chi connectivity index (χ2n) is 8.54. The number of benzene rings is 2. The topological polar surface area (TPSA) is 43.9 Å². The Kier molecular flexibility index (Phi) is 7.87. The lowest BCUT2D eigenvalue weighted by Crippen LogP contribution is -2.47. The molecule has 2 amide bonds. The number of fused-ring (bicyclic) bond motifs is 1. The molecule has 2 aliphatic heterocycles. The van der Waals surface area contributed by atoms with Gasteiger partial charge in [0.2, 0.25) is 5.91 Å². The molecule has 1 saturated heterocycles. The van der Waals surface area contributed by atoms with Crippen LogP contribution in [0, 0.1) is 0 Å². The van der Waals surface area contributed by atoms with Crippen LogP contribution in [0.3, 0.4) is 0 Å². The number of nitrogens with zero attached hydrogens (tertiary/aromatic N) is 3. The molecule has 4 rings (SSSR count). The zero-order valence-electron chi connectivity index (χ0n) is 19.0. The summed E-state index contributed by atoms with van der Waals surface area (Å²) in [4.78, 5) is 32.9. The second-order valence-corrected chi connectivity index (χ2v) is 9.67. The minimum atomic E-state index is -0.134. The highest BCUT2D eigenvalue weighted by Gasteiger charge is 2.30. The maximum Gasteiger partial charge on any atom is 0.260 e. The fourth-order valence-corrected chi connectivity index (χ4v) is 5.44. The minimum Gasteiger partial charge on any atom is -0.368 e. The molecular formula is C26H33N3O2S. The second kappa shape index (κ2) is 11.0. The van der Waals surface area contributed by atoms with Crippen molar-refractivity contribution in [2.75, 3.05) is 49.9 Å². The van der Waals surface area contributed by atoms with Gasteiger partial charge in [-0.2, -0.15) is 0 Å². The van der Waals surface area contributed by atoms with E-state index in [1.165, 1.54) is 21.9 Å². The number of hydrogen-bond acceptors (Lipinski definition) is 5. The Bertz CT molecular complexity index is 940. The third-order valence-corrected chi connectivity index (χ3v) is 7.55. The molecule has 6 heteroatoms. The first-order chi connectivity index (χ1) is 15.7. The van der Waals surface area contributed by atoms with Gasteiger partial charge < -0.3 is 4.90 Å². The molecule has 0 aliphatic carbocycles. The van der Waals surface area contributed by atoms with Crippen LogP contribution in [0.2, 0.25) is 0 Å². The summed E-state index contributed by atoms with van der Waals surface area (Å²) in [6.07, 6.45) is 3.38. The lowest BCUT2D eigenvalue weighted by molar-refractivity contribution is -0.128. The summed E-state index contributed by atoms with van der Waals surface area (Å²) in [5.41, 5.74) is 2.90. The van der Waals surface area contributed by atoms with Crippen LogP contribution < -0.4 is 4.90 Å². The van der Waals surface area contributed by atoms with E-state index >= 15 is 0 Å². The summed E-state index contributed by atoms with van der Waals surface area (Å²) in [5, 5.41) is 0. The molecule has 170 valence electrons. The first-order valence-electron chi connectivity index (χ1n) is 11.8. The molecule has 2 aromatic rings. The Morgan fingerprint density at radius 2 is 1.59 bits per heavy atom. The number of carbonyl (C=O) groups excluding carboxylic acids is 2. The number of carbonyl (C=O) groups is 2. The van der Waals surface area contributed by atoms with Gasteiger partial charge in [0, 0.05) is 43.2 Å². The molecule has 2 aliphatic rings. The number of para-hydroxylation sites is 1. The highest BCUT2D eigenvalue weighted by atomic mass is 32.2. The lowest BCUT2D eigenvalue weighted by Gasteiger charge is -2.37. The quantitative estimate of drug-likeness (QED) is 0.323. The maximum absolute atomic E-state index is 12.7. The van der Waals surface area contributed by atoms with Gasteiger partial charge >= 0.3 is 0 Å². The average molecular weight is 452 g/mol. The van der Waals surface area contributed by atoms with E-state index < -0.39 is 0 Å². The van der Waals surface area contributed by atoms with E-state index in [1.807, 2.05) is 36.0 Å². The summed E-state index contributed by atoms with van der Waals surface area (Å²) in [7, 11) is 0. The predicted octanol–water partition coefficient (Wildman–Crippen LogP) is 4.32. The number of unbranched alkanes of at least 4 members (excludes halogenated alkanes) is 1. The molecule has 2 aromatic carbocycles. The minimum absolute atomic E-state index is 0.0677. The number of amides is 2. The van der Waals surface area contributed by atoms with Crippen LogP contribution in [0.4, 0.5) is 5.69 Å². The molecule has 0 bridgehead atoms.